The lowest BCUT2D eigenvalue weighted by Gasteiger charge is -2.12. The minimum Gasteiger partial charge on any atom is -0.480 e. The van der Waals surface area contributed by atoms with Gasteiger partial charge in [-0.25, -0.2) is 4.79 Å². The Bertz CT molecular complexity index is 566. The largest absolute Gasteiger partial charge is 0.480 e. The Morgan fingerprint density at radius 1 is 1.48 bits per heavy atom. The van der Waals surface area contributed by atoms with Gasteiger partial charge in [-0.05, 0) is 20.3 Å². The van der Waals surface area contributed by atoms with E-state index < -0.39 is 22.8 Å². The molecule has 1 rings (SSSR count). The van der Waals surface area contributed by atoms with Gasteiger partial charge in [-0.15, -0.1) is 0 Å². The third-order valence-electron chi connectivity index (χ3n) is 3.12. The second-order valence-corrected chi connectivity index (χ2v) is 4.62. The molecule has 1 heterocycles. The Hall–Kier alpha value is -2.45. The lowest BCUT2D eigenvalue weighted by atomic mass is 10.2. The maximum Gasteiger partial charge on any atom is 0.326 e. The molecule has 0 radical (unpaired) electrons. The van der Waals surface area contributed by atoms with Gasteiger partial charge in [0.15, 0.2) is 0 Å². The summed E-state index contributed by atoms with van der Waals surface area (Å²) in [5, 5.41) is 26.1. The van der Waals surface area contributed by atoms with Gasteiger partial charge in [0.2, 0.25) is 5.91 Å². The molecule has 0 spiro atoms. The Morgan fingerprint density at radius 2 is 2.10 bits per heavy atom. The minimum atomic E-state index is -1.09. The summed E-state index contributed by atoms with van der Waals surface area (Å²) in [5.74, 6) is -1.52. The topological polar surface area (TPSA) is 127 Å². The number of hydrogen-bond acceptors (Lipinski definition) is 5. The van der Waals surface area contributed by atoms with Crippen LogP contribution in [0, 0.1) is 24.0 Å². The van der Waals surface area contributed by atoms with Gasteiger partial charge in [0.1, 0.15) is 17.4 Å². The number of nitro groups is 1. The van der Waals surface area contributed by atoms with Gasteiger partial charge in [0.25, 0.3) is 0 Å². The predicted molar refractivity (Wildman–Crippen MR) is 72.8 cm³/mol. The molecule has 0 aliphatic heterocycles. The predicted octanol–water partition coefficient (Wildman–Crippen LogP) is 0.778. The molecular weight excluding hydrogens is 280 g/mol. The molecule has 1 aromatic heterocycles. The molecule has 1 aromatic rings. The molecule has 9 heteroatoms. The van der Waals surface area contributed by atoms with Gasteiger partial charge in [0.05, 0.1) is 11.5 Å². The number of carbonyl (C=O) groups excluding carboxylic acids is 1. The number of nitrogens with zero attached hydrogens (tertiary/aromatic N) is 3. The second-order valence-electron chi connectivity index (χ2n) is 4.62. The average molecular weight is 298 g/mol. The second kappa shape index (κ2) is 6.82. The average Bonchev–Trinajstić information content (AvgIpc) is 2.67. The Kier molecular flexibility index (Phi) is 5.39. The van der Waals surface area contributed by atoms with E-state index in [9.17, 15) is 19.7 Å². The zero-order valence-corrected chi connectivity index (χ0v) is 12.1. The van der Waals surface area contributed by atoms with E-state index in [2.05, 4.69) is 10.4 Å². The Balaban J connectivity index is 2.68. The zero-order valence-electron chi connectivity index (χ0n) is 12.1. The number of carboxylic acid groups (broad SMARTS) is 1. The summed E-state index contributed by atoms with van der Waals surface area (Å²) < 4.78 is 1.38. The van der Waals surface area contributed by atoms with Crippen molar-refractivity contribution >= 4 is 17.6 Å². The van der Waals surface area contributed by atoms with E-state index in [1.165, 1.54) is 11.6 Å². The van der Waals surface area contributed by atoms with Crippen molar-refractivity contribution in [1.29, 1.82) is 0 Å². The van der Waals surface area contributed by atoms with Crippen LogP contribution < -0.4 is 5.32 Å². The third-order valence-corrected chi connectivity index (χ3v) is 3.12. The zero-order chi connectivity index (χ0) is 16.2. The van der Waals surface area contributed by atoms with Crippen LogP contribution in [0.1, 0.15) is 31.2 Å². The number of carbonyl (C=O) groups is 2. The highest BCUT2D eigenvalue weighted by Crippen LogP contribution is 2.21. The number of amides is 1. The molecule has 116 valence electrons. The smallest absolute Gasteiger partial charge is 0.326 e. The monoisotopic (exact) mass is 298 g/mol. The van der Waals surface area contributed by atoms with Gasteiger partial charge < -0.3 is 10.4 Å². The van der Waals surface area contributed by atoms with Crippen LogP contribution in [0.25, 0.3) is 0 Å². The first-order valence-electron chi connectivity index (χ1n) is 6.48. The van der Waals surface area contributed by atoms with E-state index in [0.29, 0.717) is 5.69 Å². The molecule has 1 atom stereocenters. The quantitative estimate of drug-likeness (QED) is 0.565. The molecule has 0 aliphatic rings. The maximum atomic E-state index is 11.7. The van der Waals surface area contributed by atoms with Gasteiger partial charge in [-0.3, -0.25) is 19.6 Å². The fourth-order valence-electron chi connectivity index (χ4n) is 1.98. The van der Waals surface area contributed by atoms with Crippen molar-refractivity contribution in [2.45, 2.75) is 46.2 Å². The fourth-order valence-corrected chi connectivity index (χ4v) is 1.98. The van der Waals surface area contributed by atoms with Crippen LogP contribution in [-0.2, 0) is 16.1 Å². The van der Waals surface area contributed by atoms with Crippen molar-refractivity contribution in [3.63, 3.8) is 0 Å². The van der Waals surface area contributed by atoms with E-state index >= 15 is 0 Å². The van der Waals surface area contributed by atoms with Crippen molar-refractivity contribution in [2.75, 3.05) is 0 Å². The molecule has 0 bridgehead atoms. The van der Waals surface area contributed by atoms with Crippen molar-refractivity contribution in [3.8, 4) is 0 Å². The molecule has 1 amide bonds. The molecule has 0 fully saturated rings. The van der Waals surface area contributed by atoms with Crippen LogP contribution in [-0.4, -0.2) is 37.7 Å². The molecular formula is C12H18N4O5. The Morgan fingerprint density at radius 3 is 2.52 bits per heavy atom. The van der Waals surface area contributed by atoms with Crippen LogP contribution in [0.5, 0.6) is 0 Å². The molecule has 0 saturated heterocycles. The van der Waals surface area contributed by atoms with E-state index in [0.717, 1.165) is 0 Å². The summed E-state index contributed by atoms with van der Waals surface area (Å²) in [6.07, 6.45) is 0.287. The van der Waals surface area contributed by atoms with E-state index in [4.69, 9.17) is 5.11 Å². The standard InChI is InChI=1S/C12H18N4O5/c1-4-9(12(18)19)13-10(17)5-6-15-8(3)11(16(20)21)7(2)14-15/h9H,4-6H2,1-3H3,(H,13,17)(H,18,19). The van der Waals surface area contributed by atoms with Crippen LogP contribution in [0.3, 0.4) is 0 Å². The van der Waals surface area contributed by atoms with E-state index in [1.807, 2.05) is 0 Å². The molecule has 9 nitrogen and oxygen atoms in total. The van der Waals surface area contributed by atoms with Gasteiger partial charge >= 0.3 is 11.7 Å². The Labute approximate surface area is 121 Å². The summed E-state index contributed by atoms with van der Waals surface area (Å²) in [4.78, 5) is 32.8. The summed E-state index contributed by atoms with van der Waals surface area (Å²) in [5.41, 5.74) is 0.595. The number of hydrogen-bond donors (Lipinski definition) is 2. The first-order valence-corrected chi connectivity index (χ1v) is 6.48. The highest BCUT2D eigenvalue weighted by atomic mass is 16.6. The highest BCUT2D eigenvalue weighted by molar-refractivity contribution is 5.83. The first-order chi connectivity index (χ1) is 9.77. The van der Waals surface area contributed by atoms with Gasteiger partial charge in [-0.2, -0.15) is 5.10 Å². The lowest BCUT2D eigenvalue weighted by molar-refractivity contribution is -0.386. The molecule has 1 unspecified atom stereocenters. The van der Waals surface area contributed by atoms with Gasteiger partial charge in [-0.1, -0.05) is 6.92 Å². The molecule has 2 N–H and O–H groups in total. The van der Waals surface area contributed by atoms with Crippen molar-refractivity contribution in [3.05, 3.63) is 21.5 Å². The number of rotatable bonds is 7. The number of aryl methyl sites for hydroxylation is 2. The number of carboxylic acids is 1. The summed E-state index contributed by atoms with van der Waals surface area (Å²) >= 11 is 0. The van der Waals surface area contributed by atoms with E-state index in [-0.39, 0.29) is 30.8 Å². The van der Waals surface area contributed by atoms with Crippen LogP contribution in [0.4, 0.5) is 5.69 Å². The number of aliphatic carboxylic acids is 1. The molecule has 0 saturated carbocycles. The van der Waals surface area contributed by atoms with Crippen LogP contribution >= 0.6 is 0 Å². The maximum absolute atomic E-state index is 11.7. The SMILES string of the molecule is CCC(NC(=O)CCn1nc(C)c([N+](=O)[O-])c1C)C(=O)O. The fraction of sp³-hybridized carbons (Fsp3) is 0.583. The van der Waals surface area contributed by atoms with Crippen LogP contribution in [0.15, 0.2) is 0 Å². The van der Waals surface area contributed by atoms with Gasteiger partial charge in [0, 0.05) is 6.42 Å². The summed E-state index contributed by atoms with van der Waals surface area (Å²) in [6, 6.07) is -0.924. The highest BCUT2D eigenvalue weighted by Gasteiger charge is 2.22. The summed E-state index contributed by atoms with van der Waals surface area (Å²) in [6.45, 7) is 4.90. The van der Waals surface area contributed by atoms with Crippen LogP contribution in [0.2, 0.25) is 0 Å². The van der Waals surface area contributed by atoms with Crippen molar-refractivity contribution in [2.24, 2.45) is 0 Å². The molecule has 21 heavy (non-hydrogen) atoms. The molecule has 0 aromatic carbocycles. The van der Waals surface area contributed by atoms with Crippen molar-refractivity contribution in [1.82, 2.24) is 15.1 Å². The molecule has 0 aliphatic carbocycles. The van der Waals surface area contributed by atoms with Crippen molar-refractivity contribution < 1.29 is 19.6 Å². The minimum absolute atomic E-state index is 0.00287. The first kappa shape index (κ1) is 16.6. The third kappa shape index (κ3) is 4.01. The number of aromatic nitrogens is 2. The lowest BCUT2D eigenvalue weighted by Crippen LogP contribution is -2.40. The normalized spacial score (nSPS) is 12.0. The number of nitrogens with one attached hydrogen (secondary N) is 1. The van der Waals surface area contributed by atoms with E-state index in [1.54, 1.807) is 13.8 Å². The summed E-state index contributed by atoms with van der Waals surface area (Å²) in [7, 11) is 0.